The highest BCUT2D eigenvalue weighted by Crippen LogP contribution is 2.43. The van der Waals surface area contributed by atoms with Crippen LogP contribution in [0.15, 0.2) is 94.4 Å². The zero-order valence-corrected chi connectivity index (χ0v) is 77.8. The van der Waals surface area contributed by atoms with E-state index in [0.29, 0.717) is 115 Å². The van der Waals surface area contributed by atoms with Gasteiger partial charge in [-0.2, -0.15) is 14.3 Å². The lowest BCUT2D eigenvalue weighted by atomic mass is 9.88. The summed E-state index contributed by atoms with van der Waals surface area (Å²) in [6.45, 7) is 42.4. The van der Waals surface area contributed by atoms with E-state index in [9.17, 15) is 67.3 Å². The molecule has 5 aliphatic heterocycles. The molecule has 0 bridgehead atoms. The second-order valence-electron chi connectivity index (χ2n) is 38.4. The van der Waals surface area contributed by atoms with Crippen LogP contribution in [-0.2, 0) is 33.5 Å². The first-order valence-electron chi connectivity index (χ1n) is 42.2. The number of halogens is 1. The molecular weight excluding hydrogens is 1660 g/mol. The van der Waals surface area contributed by atoms with E-state index in [1.165, 1.54) is 42.2 Å². The Hall–Kier alpha value is -8.51. The number of imide groups is 2. The summed E-state index contributed by atoms with van der Waals surface area (Å²) in [7, 11) is -3.97. The number of hydrogen-bond donors (Lipinski definition) is 7. The summed E-state index contributed by atoms with van der Waals surface area (Å²) in [4.78, 5) is 125. The Balaban J connectivity index is 0.000000276. The molecule has 5 atom stereocenters. The Morgan fingerprint density at radius 2 is 0.967 bits per heavy atom. The minimum atomic E-state index is -3.97. The molecule has 3 fully saturated rings. The molecule has 7 amide bonds. The minimum Gasteiger partial charge on any atom is -0.444 e. The van der Waals surface area contributed by atoms with Gasteiger partial charge in [0.15, 0.2) is 5.82 Å². The van der Waals surface area contributed by atoms with E-state index >= 15 is 0 Å². The summed E-state index contributed by atoms with van der Waals surface area (Å²) in [6.07, 6.45) is 10.4. The van der Waals surface area contributed by atoms with Crippen molar-refractivity contribution in [2.75, 3.05) is 70.5 Å². The lowest BCUT2D eigenvalue weighted by molar-refractivity contribution is -0.563. The summed E-state index contributed by atoms with van der Waals surface area (Å²) in [5.74, 6) is 6.77. The van der Waals surface area contributed by atoms with E-state index in [4.69, 9.17) is 29.2 Å². The van der Waals surface area contributed by atoms with E-state index < -0.39 is 50.2 Å². The van der Waals surface area contributed by atoms with Gasteiger partial charge in [-0.15, -0.1) is 0 Å². The second kappa shape index (κ2) is 45.9. The largest absolute Gasteiger partial charge is 0.444 e. The topological polar surface area (TPSA) is 424 Å². The first-order chi connectivity index (χ1) is 56.6. The zero-order valence-electron chi connectivity index (χ0n) is 75.4. The number of alkyl carbamates (subject to hydrolysis) is 3. The number of nitrogens with zero attached hydrogens (tertiary/aromatic N) is 6. The van der Waals surface area contributed by atoms with Gasteiger partial charge < -0.3 is 55.7 Å². The van der Waals surface area contributed by atoms with Crippen molar-refractivity contribution in [3.63, 3.8) is 0 Å². The smallest absolute Gasteiger partial charge is 0.407 e. The van der Waals surface area contributed by atoms with Crippen LogP contribution in [0.5, 0.6) is 5.75 Å². The average Bonchev–Trinajstić information content (AvgIpc) is 1.64. The molecule has 3 aromatic carbocycles. The van der Waals surface area contributed by atoms with Crippen LogP contribution < -0.4 is 42.3 Å². The number of fused-ring (bicyclic) bond motifs is 2. The number of pyridine rings is 1. The fourth-order valence-electron chi connectivity index (χ4n) is 15.3. The molecule has 34 heteroatoms. The van der Waals surface area contributed by atoms with Crippen molar-refractivity contribution in [3.8, 4) is 5.75 Å². The molecule has 5 aliphatic rings. The van der Waals surface area contributed by atoms with Crippen LogP contribution in [0.25, 0.3) is 0 Å². The summed E-state index contributed by atoms with van der Waals surface area (Å²) < 4.78 is 46.3. The lowest BCUT2D eigenvalue weighted by Gasteiger charge is -2.33. The minimum absolute atomic E-state index is 0.0389. The number of carbonyl (C=O) groups excluding carboxylic acids is 7. The van der Waals surface area contributed by atoms with Crippen LogP contribution in [0.1, 0.15) is 275 Å². The number of aromatic nitrogens is 1. The van der Waals surface area contributed by atoms with Gasteiger partial charge in [-0.05, 0) is 301 Å². The summed E-state index contributed by atoms with van der Waals surface area (Å²) in [5, 5.41) is 46.6. The standard InChI is InChI=1S/C22H25BrN4O4.C21H34N2O7S.C17H22N2O2.C14H28N2O5.C14H28N2O2/c1-22(2)12-14(13-27(22)19-17(30-31-24)9-10-18(23)25-19)6-5-11-26-20(28)15-7-3-4-8-16(15)21(26)29;1-16-9-11-18(12-10-16)31(27,28)29-15-17(14-21(5,6)23(25)26)8-7-13-22-19(24)30-20(2,3)4;1-17(2)10-12(11-18-17)6-5-9-19-15(20)13-7-3-4-8-14(13)16(19)21;1-13(2,3)21-12(18)15-8-6-7-11(10-17)9-14(4,5)16(19)20;1-13(2,3)18-12(17)15-8-6-7-11-9-14(4,5)16-10-11/h3-4,7-10,14H,5-6,11-13,24H2,1-2H3;9-12,17H,7-8,13-15H2,1-6H3,(H,22,24);3-4,7-8,12,18H,5-6,9-11H2,1-2H3;11,17H,6-10H2,1-5H3,(H,15,18);11,16H,6-10H2,1-5H3,(H,15,17)/t14-;17-;12-;2*11-/m11111/s1. The van der Waals surface area contributed by atoms with E-state index in [2.05, 4.69) is 98.9 Å². The summed E-state index contributed by atoms with van der Waals surface area (Å²) in [5.41, 5.74) is -0.486. The number of ether oxygens (including phenoxy) is 3. The van der Waals surface area contributed by atoms with E-state index in [1.807, 2.05) is 27.7 Å². The predicted molar refractivity (Wildman–Crippen MR) is 470 cm³/mol. The maximum atomic E-state index is 12.6. The molecule has 682 valence electrons. The first kappa shape index (κ1) is 104. The van der Waals surface area contributed by atoms with E-state index in [-0.39, 0.29) is 92.6 Å². The number of aliphatic hydroxyl groups is 1. The molecule has 1 aromatic heterocycles. The third-order valence-corrected chi connectivity index (χ3v) is 22.9. The van der Waals surface area contributed by atoms with E-state index in [1.54, 1.807) is 128 Å². The molecule has 122 heavy (non-hydrogen) atoms. The van der Waals surface area contributed by atoms with Gasteiger partial charge in [0.05, 0.1) is 33.8 Å². The van der Waals surface area contributed by atoms with E-state index in [0.717, 1.165) is 82.5 Å². The van der Waals surface area contributed by atoms with Crippen molar-refractivity contribution in [2.45, 2.75) is 284 Å². The van der Waals surface area contributed by atoms with Gasteiger partial charge in [0.2, 0.25) is 16.8 Å². The van der Waals surface area contributed by atoms with Crippen molar-refractivity contribution in [1.29, 1.82) is 0 Å². The van der Waals surface area contributed by atoms with Crippen LogP contribution in [0.4, 0.5) is 20.2 Å². The fourth-order valence-corrected chi connectivity index (χ4v) is 16.6. The highest BCUT2D eigenvalue weighted by Gasteiger charge is 2.43. The number of aryl methyl sites for hydroxylation is 1. The van der Waals surface area contributed by atoms with Crippen molar-refractivity contribution in [1.82, 2.24) is 41.4 Å². The highest BCUT2D eigenvalue weighted by atomic mass is 79.9. The number of nitrogens with two attached hydrogens (primary N) is 1. The predicted octanol–water partition coefficient (Wildman–Crippen LogP) is 15.3. The number of aliphatic hydroxyl groups excluding tert-OH is 1. The van der Waals surface area contributed by atoms with Crippen LogP contribution in [0.3, 0.4) is 0 Å². The molecular formula is C88H137BrN12O20S. The Labute approximate surface area is 729 Å². The van der Waals surface area contributed by atoms with Gasteiger partial charge in [0, 0.05) is 113 Å². The molecule has 0 spiro atoms. The average molecular weight is 1800 g/mol. The Morgan fingerprint density at radius 1 is 0.582 bits per heavy atom. The third kappa shape index (κ3) is 35.3. The van der Waals surface area contributed by atoms with Gasteiger partial charge >= 0.3 is 18.3 Å². The van der Waals surface area contributed by atoms with Crippen molar-refractivity contribution in [3.05, 3.63) is 138 Å². The molecule has 9 rings (SSSR count). The van der Waals surface area contributed by atoms with Gasteiger partial charge in [-0.25, -0.2) is 19.4 Å². The number of hydrogen-bond acceptors (Lipinski definition) is 25. The maximum Gasteiger partial charge on any atom is 0.407 e. The summed E-state index contributed by atoms with van der Waals surface area (Å²) in [6, 6.07) is 23.9. The number of rotatable bonds is 34. The number of nitrogens with one attached hydrogen (secondary N) is 5. The number of anilines is 1. The Bertz CT molecular complexity index is 4190. The molecule has 8 N–H and O–H groups in total. The van der Waals surface area contributed by atoms with Crippen LogP contribution >= 0.6 is 15.9 Å². The van der Waals surface area contributed by atoms with Crippen molar-refractivity contribution < 1.29 is 85.2 Å². The number of benzene rings is 3. The second-order valence-corrected chi connectivity index (χ2v) is 40.9. The van der Waals surface area contributed by atoms with Gasteiger partial charge in [-0.1, -0.05) is 46.9 Å². The molecule has 4 aromatic rings. The first-order valence-corrected chi connectivity index (χ1v) is 44.4. The van der Waals surface area contributed by atoms with Crippen LogP contribution in [0.2, 0.25) is 0 Å². The fraction of sp³-hybridized carbons (Fsp3) is 0.659. The van der Waals surface area contributed by atoms with Crippen molar-refractivity contribution >= 4 is 73.8 Å². The molecule has 3 saturated heterocycles. The Kier molecular flexibility index (Phi) is 39.2. The maximum absolute atomic E-state index is 12.6. The quantitative estimate of drug-likeness (QED) is 0.00334. The van der Waals surface area contributed by atoms with Crippen LogP contribution in [-0.4, -0.2) is 190 Å². The third-order valence-electron chi connectivity index (χ3n) is 21.2. The van der Waals surface area contributed by atoms with Gasteiger partial charge in [0.1, 0.15) is 21.4 Å². The normalized spacial score (nSPS) is 18.3. The summed E-state index contributed by atoms with van der Waals surface area (Å²) >= 11 is 3.42. The number of nitro groups is 2. The van der Waals surface area contributed by atoms with Gasteiger partial charge in [-0.3, -0.25) is 53.4 Å². The molecule has 6 heterocycles. The monoisotopic (exact) mass is 1790 g/mol. The Morgan fingerprint density at radius 3 is 1.34 bits per heavy atom. The lowest BCUT2D eigenvalue weighted by Crippen LogP contribution is -2.39. The SMILES string of the molecule is CC(C)(C)OC(=O)NCCC[C@@H](CO)CC(C)(C)[N+](=O)[O-].CC1(C)C[C@@H](CCCN2C(=O)c3ccccc3C2=O)CN1.CC1(C)C[C@@H](CCCN2C(=O)c3ccccc3C2=O)CN1c1nc(Br)ccc1OON.CC1(C)C[C@@H](CCCNC(=O)OC(C)(C)C)CN1.Cc1ccc(S(=O)(=O)OC[C@H](CCCNC(=O)OC(C)(C)C)CC(C)(C)[N+](=O)[O-])cc1. The molecule has 0 radical (unpaired) electrons. The molecule has 0 saturated carbocycles. The number of carbonyl (C=O) groups is 7. The molecule has 0 unspecified atom stereocenters. The van der Waals surface area contributed by atoms with Crippen LogP contribution in [0, 0.1) is 56.7 Å². The van der Waals surface area contributed by atoms with Crippen molar-refractivity contribution in [2.24, 2.45) is 35.5 Å². The zero-order chi connectivity index (χ0) is 91.6. The molecule has 0 aliphatic carbocycles. The number of amides is 7. The molecule has 32 nitrogen and oxygen atoms in total. The van der Waals surface area contributed by atoms with Gasteiger partial charge in [0.25, 0.3) is 33.7 Å². The highest BCUT2D eigenvalue weighted by molar-refractivity contribution is 9.10.